The van der Waals surface area contributed by atoms with Crippen molar-refractivity contribution >= 4 is 39.5 Å². The van der Waals surface area contributed by atoms with E-state index < -0.39 is 6.09 Å². The van der Waals surface area contributed by atoms with Gasteiger partial charge in [0.15, 0.2) is 0 Å². The summed E-state index contributed by atoms with van der Waals surface area (Å²) in [6, 6.07) is 21.3. The number of allylic oxidation sites excluding steroid dienone is 1. The third-order valence-corrected chi connectivity index (χ3v) is 5.59. The van der Waals surface area contributed by atoms with Crippen LogP contribution in [0.5, 0.6) is 5.75 Å². The standard InChI is InChI=1S/C27H28N4O4/c1-4-31-24-8-6-5-7-22(24)23-16-20(11-14-25(23)31)28-26(32)15-18(2)29-30-27(33)35-17-19-9-12-21(34-3)13-10-19/h5-16,29H,4,17H2,1-3H3,(H,28,32)(H,30,33). The molecule has 4 rings (SSSR count). The van der Waals surface area contributed by atoms with Crippen molar-refractivity contribution in [3.63, 3.8) is 0 Å². The second-order valence-corrected chi connectivity index (χ2v) is 7.98. The Kier molecular flexibility index (Phi) is 7.21. The number of rotatable bonds is 8. The van der Waals surface area contributed by atoms with Crippen LogP contribution in [-0.2, 0) is 22.7 Å². The lowest BCUT2D eigenvalue weighted by Gasteiger charge is -2.10. The van der Waals surface area contributed by atoms with Gasteiger partial charge >= 0.3 is 6.09 Å². The highest BCUT2D eigenvalue weighted by Crippen LogP contribution is 2.31. The minimum absolute atomic E-state index is 0.109. The van der Waals surface area contributed by atoms with Crippen LogP contribution in [0, 0.1) is 0 Å². The Balaban J connectivity index is 1.33. The maximum Gasteiger partial charge on any atom is 0.426 e. The van der Waals surface area contributed by atoms with Gasteiger partial charge in [0.05, 0.1) is 7.11 Å². The van der Waals surface area contributed by atoms with Gasteiger partial charge in [0.25, 0.3) is 0 Å². The molecule has 1 aromatic heterocycles. The van der Waals surface area contributed by atoms with E-state index in [4.69, 9.17) is 9.47 Å². The maximum atomic E-state index is 12.5. The van der Waals surface area contributed by atoms with Gasteiger partial charge in [-0.05, 0) is 55.8 Å². The van der Waals surface area contributed by atoms with Crippen LogP contribution in [0.15, 0.2) is 78.5 Å². The molecule has 0 unspecified atom stereocenters. The van der Waals surface area contributed by atoms with Crippen molar-refractivity contribution in [3.8, 4) is 5.75 Å². The average molecular weight is 473 g/mol. The first-order valence-electron chi connectivity index (χ1n) is 11.3. The summed E-state index contributed by atoms with van der Waals surface area (Å²) in [5.41, 5.74) is 9.34. The van der Waals surface area contributed by atoms with Gasteiger partial charge in [0, 0.05) is 45.8 Å². The highest BCUT2D eigenvalue weighted by atomic mass is 16.6. The molecule has 0 radical (unpaired) electrons. The van der Waals surface area contributed by atoms with E-state index in [1.54, 1.807) is 26.2 Å². The number of hydrogen-bond donors (Lipinski definition) is 3. The highest BCUT2D eigenvalue weighted by molar-refractivity contribution is 6.10. The molecule has 4 aromatic rings. The monoisotopic (exact) mass is 472 g/mol. The molecule has 0 atom stereocenters. The highest BCUT2D eigenvalue weighted by Gasteiger charge is 2.10. The number of nitrogens with zero attached hydrogens (tertiary/aromatic N) is 1. The van der Waals surface area contributed by atoms with Crippen LogP contribution in [0.3, 0.4) is 0 Å². The Bertz CT molecular complexity index is 1390. The fraction of sp³-hybridized carbons (Fsp3) is 0.185. The number of methoxy groups -OCH3 is 1. The van der Waals surface area contributed by atoms with Crippen LogP contribution < -0.4 is 20.9 Å². The van der Waals surface area contributed by atoms with Crippen molar-refractivity contribution < 1.29 is 19.1 Å². The molecule has 2 amide bonds. The summed E-state index contributed by atoms with van der Waals surface area (Å²) >= 11 is 0. The number of carbonyl (C=O) groups excluding carboxylic acids is 2. The zero-order valence-corrected chi connectivity index (χ0v) is 19.9. The van der Waals surface area contributed by atoms with Gasteiger partial charge in [-0.3, -0.25) is 4.79 Å². The molecular weight excluding hydrogens is 444 g/mol. The third kappa shape index (κ3) is 5.55. The Labute approximate surface area is 203 Å². The number of aromatic nitrogens is 1. The molecular formula is C27H28N4O4. The fourth-order valence-corrected chi connectivity index (χ4v) is 3.94. The molecule has 8 heteroatoms. The quantitative estimate of drug-likeness (QED) is 0.245. The average Bonchev–Trinajstić information content (AvgIpc) is 3.19. The molecule has 8 nitrogen and oxygen atoms in total. The molecule has 0 saturated heterocycles. The molecule has 0 bridgehead atoms. The number of hydrazine groups is 1. The minimum Gasteiger partial charge on any atom is -0.497 e. The number of carbonyl (C=O) groups is 2. The second-order valence-electron chi connectivity index (χ2n) is 7.98. The zero-order valence-electron chi connectivity index (χ0n) is 19.9. The van der Waals surface area contributed by atoms with Gasteiger partial charge in [-0.2, -0.15) is 0 Å². The Morgan fingerprint density at radius 1 is 0.943 bits per heavy atom. The van der Waals surface area contributed by atoms with Crippen molar-refractivity contribution in [1.29, 1.82) is 0 Å². The van der Waals surface area contributed by atoms with Crippen LogP contribution in [0.25, 0.3) is 21.8 Å². The molecule has 0 aliphatic heterocycles. The summed E-state index contributed by atoms with van der Waals surface area (Å²) < 4.78 is 12.5. The van der Waals surface area contributed by atoms with Gasteiger partial charge in [0.2, 0.25) is 5.91 Å². The largest absolute Gasteiger partial charge is 0.497 e. The number of aryl methyl sites for hydroxylation is 1. The minimum atomic E-state index is -0.660. The Morgan fingerprint density at radius 2 is 1.69 bits per heavy atom. The zero-order chi connectivity index (χ0) is 24.8. The molecule has 0 aliphatic rings. The second kappa shape index (κ2) is 10.6. The van der Waals surface area contributed by atoms with Crippen molar-refractivity contribution in [2.45, 2.75) is 27.0 Å². The van der Waals surface area contributed by atoms with Crippen LogP contribution >= 0.6 is 0 Å². The van der Waals surface area contributed by atoms with E-state index >= 15 is 0 Å². The van der Waals surface area contributed by atoms with Gasteiger partial charge in [-0.1, -0.05) is 30.3 Å². The van der Waals surface area contributed by atoms with Gasteiger partial charge in [0.1, 0.15) is 12.4 Å². The van der Waals surface area contributed by atoms with Gasteiger partial charge in [-0.15, -0.1) is 0 Å². The Hall–Kier alpha value is -4.46. The summed E-state index contributed by atoms with van der Waals surface area (Å²) in [6.45, 7) is 4.75. The molecule has 1 heterocycles. The summed E-state index contributed by atoms with van der Waals surface area (Å²) in [5, 5.41) is 5.11. The van der Waals surface area contributed by atoms with E-state index in [0.29, 0.717) is 11.4 Å². The third-order valence-electron chi connectivity index (χ3n) is 5.59. The summed E-state index contributed by atoms with van der Waals surface area (Å²) in [5.74, 6) is 0.411. The summed E-state index contributed by atoms with van der Waals surface area (Å²) in [6.07, 6.45) is 0.704. The van der Waals surface area contributed by atoms with Crippen molar-refractivity contribution in [1.82, 2.24) is 15.4 Å². The van der Waals surface area contributed by atoms with E-state index in [1.807, 2.05) is 42.5 Å². The predicted molar refractivity (Wildman–Crippen MR) is 137 cm³/mol. The predicted octanol–water partition coefficient (Wildman–Crippen LogP) is 5.10. The van der Waals surface area contributed by atoms with E-state index in [2.05, 4.69) is 39.8 Å². The first kappa shape index (κ1) is 23.7. The SMILES string of the molecule is CCn1c2ccccc2c2cc(NC(=O)C=C(C)NNC(=O)OCc3ccc(OC)cc3)ccc21. The lowest BCUT2D eigenvalue weighted by atomic mass is 10.1. The van der Waals surface area contributed by atoms with E-state index in [-0.39, 0.29) is 12.5 Å². The van der Waals surface area contributed by atoms with Crippen LogP contribution in [0.2, 0.25) is 0 Å². The summed E-state index contributed by atoms with van der Waals surface area (Å²) in [4.78, 5) is 24.4. The number of ether oxygens (including phenoxy) is 2. The smallest absolute Gasteiger partial charge is 0.426 e. The molecule has 0 aliphatic carbocycles. The molecule has 0 fully saturated rings. The molecule has 3 aromatic carbocycles. The van der Waals surface area contributed by atoms with Crippen LogP contribution in [0.4, 0.5) is 10.5 Å². The fourth-order valence-electron chi connectivity index (χ4n) is 3.94. The van der Waals surface area contributed by atoms with Gasteiger partial charge < -0.3 is 24.8 Å². The number of hydrogen-bond acceptors (Lipinski definition) is 5. The first-order valence-corrected chi connectivity index (χ1v) is 11.3. The Morgan fingerprint density at radius 3 is 2.43 bits per heavy atom. The molecule has 3 N–H and O–H groups in total. The van der Waals surface area contributed by atoms with Crippen molar-refractivity contribution in [3.05, 3.63) is 84.1 Å². The van der Waals surface area contributed by atoms with E-state index in [9.17, 15) is 9.59 Å². The number of amides is 2. The number of anilines is 1. The number of para-hydroxylation sites is 1. The van der Waals surface area contributed by atoms with Crippen LogP contribution in [-0.4, -0.2) is 23.7 Å². The van der Waals surface area contributed by atoms with E-state index in [1.165, 1.54) is 11.6 Å². The molecule has 180 valence electrons. The number of nitrogens with one attached hydrogen (secondary N) is 3. The molecule has 0 spiro atoms. The first-order chi connectivity index (χ1) is 17.0. The lowest BCUT2D eigenvalue weighted by Crippen LogP contribution is -2.36. The topological polar surface area (TPSA) is 93.6 Å². The van der Waals surface area contributed by atoms with Crippen LogP contribution in [0.1, 0.15) is 19.4 Å². The van der Waals surface area contributed by atoms with Crippen molar-refractivity contribution in [2.24, 2.45) is 0 Å². The van der Waals surface area contributed by atoms with E-state index in [0.717, 1.165) is 34.1 Å². The maximum absolute atomic E-state index is 12.5. The number of benzene rings is 3. The van der Waals surface area contributed by atoms with Gasteiger partial charge in [-0.25, -0.2) is 10.2 Å². The normalized spacial score (nSPS) is 11.3. The summed E-state index contributed by atoms with van der Waals surface area (Å²) in [7, 11) is 1.59. The molecule has 35 heavy (non-hydrogen) atoms. The molecule has 0 saturated carbocycles. The van der Waals surface area contributed by atoms with Crippen molar-refractivity contribution in [2.75, 3.05) is 12.4 Å². The number of fused-ring (bicyclic) bond motifs is 3. The lowest BCUT2D eigenvalue weighted by molar-refractivity contribution is -0.112.